The minimum absolute atomic E-state index is 0.0451. The second-order valence-electron chi connectivity index (χ2n) is 3.64. The highest BCUT2D eigenvalue weighted by Gasteiger charge is 2.20. The molecule has 1 aromatic carbocycles. The first-order valence-electron chi connectivity index (χ1n) is 5.15. The van der Waals surface area contributed by atoms with Gasteiger partial charge < -0.3 is 0 Å². The van der Waals surface area contributed by atoms with E-state index >= 15 is 0 Å². The minimum Gasteiger partial charge on any atom is -0.298 e. The van der Waals surface area contributed by atoms with Crippen molar-refractivity contribution < 1.29 is 9.72 Å². The molecule has 0 radical (unpaired) electrons. The molecular weight excluding hydrogens is 290 g/mol. The number of nitrogens with zero attached hydrogens (tertiary/aromatic N) is 2. The molecule has 6 nitrogen and oxygen atoms in total. The fourth-order valence-corrected chi connectivity index (χ4v) is 2.38. The van der Waals surface area contributed by atoms with Crippen molar-refractivity contribution in [1.29, 1.82) is 0 Å². The molecule has 0 saturated carbocycles. The summed E-state index contributed by atoms with van der Waals surface area (Å²) in [5.41, 5.74) is 0.527. The van der Waals surface area contributed by atoms with Crippen LogP contribution in [0.5, 0.6) is 0 Å². The molecule has 1 aromatic heterocycles. The number of nitro benzene ring substituents is 1. The Labute approximate surface area is 117 Å². The zero-order valence-corrected chi connectivity index (χ0v) is 11.3. The Morgan fingerprint density at radius 3 is 2.84 bits per heavy atom. The molecule has 2 rings (SSSR count). The van der Waals surface area contributed by atoms with Crippen molar-refractivity contribution in [3.05, 3.63) is 50.0 Å². The van der Waals surface area contributed by atoms with E-state index in [-0.39, 0.29) is 16.3 Å². The van der Waals surface area contributed by atoms with E-state index in [4.69, 9.17) is 11.6 Å². The van der Waals surface area contributed by atoms with Crippen LogP contribution in [0.15, 0.2) is 23.6 Å². The maximum Gasteiger partial charge on any atom is 0.288 e. The smallest absolute Gasteiger partial charge is 0.288 e. The monoisotopic (exact) mass is 297 g/mol. The molecule has 1 N–H and O–H groups in total. The van der Waals surface area contributed by atoms with Gasteiger partial charge in [0.25, 0.3) is 11.6 Å². The molecule has 1 amide bonds. The van der Waals surface area contributed by atoms with E-state index in [1.54, 1.807) is 12.3 Å². The van der Waals surface area contributed by atoms with Crippen molar-refractivity contribution in [3.63, 3.8) is 0 Å². The first-order chi connectivity index (χ1) is 8.99. The van der Waals surface area contributed by atoms with Crippen molar-refractivity contribution in [2.24, 2.45) is 0 Å². The van der Waals surface area contributed by atoms with Gasteiger partial charge in [-0.2, -0.15) is 0 Å². The third kappa shape index (κ3) is 2.88. The topological polar surface area (TPSA) is 85.1 Å². The summed E-state index contributed by atoms with van der Waals surface area (Å²) in [7, 11) is 0. The van der Waals surface area contributed by atoms with Crippen molar-refractivity contribution in [2.45, 2.75) is 6.92 Å². The number of hydrogen-bond acceptors (Lipinski definition) is 5. The maximum atomic E-state index is 12.0. The number of hydrogen-bond donors (Lipinski definition) is 1. The number of nitrogens with one attached hydrogen (secondary N) is 1. The van der Waals surface area contributed by atoms with Gasteiger partial charge in [-0.1, -0.05) is 17.7 Å². The Hall–Kier alpha value is -1.99. The number of halogens is 1. The molecule has 0 spiro atoms. The van der Waals surface area contributed by atoms with Crippen LogP contribution in [-0.4, -0.2) is 15.8 Å². The normalized spacial score (nSPS) is 10.2. The van der Waals surface area contributed by atoms with Gasteiger partial charge in [-0.05, 0) is 13.0 Å². The summed E-state index contributed by atoms with van der Waals surface area (Å²) in [6, 6.07) is 4.07. The van der Waals surface area contributed by atoms with Crippen molar-refractivity contribution in [3.8, 4) is 0 Å². The first-order valence-corrected chi connectivity index (χ1v) is 6.41. The van der Waals surface area contributed by atoms with E-state index in [1.807, 2.05) is 0 Å². The summed E-state index contributed by atoms with van der Waals surface area (Å²) < 4.78 is 0. The molecule has 0 aliphatic carbocycles. The second kappa shape index (κ2) is 5.33. The quantitative estimate of drug-likeness (QED) is 0.696. The highest BCUT2D eigenvalue weighted by molar-refractivity contribution is 7.13. The summed E-state index contributed by atoms with van der Waals surface area (Å²) in [5, 5.41) is 15.3. The molecule has 0 aliphatic heterocycles. The molecule has 0 bridgehead atoms. The average molecular weight is 298 g/mol. The Morgan fingerprint density at radius 2 is 2.26 bits per heavy atom. The number of aryl methyl sites for hydroxylation is 1. The predicted octanol–water partition coefficient (Wildman–Crippen LogP) is 3.27. The molecule has 0 atom stereocenters. The van der Waals surface area contributed by atoms with E-state index in [1.165, 1.54) is 29.5 Å². The van der Waals surface area contributed by atoms with Gasteiger partial charge in [-0.15, -0.1) is 11.3 Å². The lowest BCUT2D eigenvalue weighted by Gasteiger charge is -2.04. The van der Waals surface area contributed by atoms with Crippen LogP contribution in [0, 0.1) is 17.0 Å². The molecule has 19 heavy (non-hydrogen) atoms. The zero-order chi connectivity index (χ0) is 14.0. The number of amides is 1. The van der Waals surface area contributed by atoms with Crippen molar-refractivity contribution in [1.82, 2.24) is 4.98 Å². The third-order valence-electron chi connectivity index (χ3n) is 2.26. The predicted molar refractivity (Wildman–Crippen MR) is 72.9 cm³/mol. The van der Waals surface area contributed by atoms with Crippen LogP contribution < -0.4 is 5.32 Å². The Kier molecular flexibility index (Phi) is 3.77. The van der Waals surface area contributed by atoms with Crippen LogP contribution in [0.1, 0.15) is 16.1 Å². The third-order valence-corrected chi connectivity index (χ3v) is 3.53. The van der Waals surface area contributed by atoms with Crippen LogP contribution >= 0.6 is 22.9 Å². The van der Waals surface area contributed by atoms with Crippen LogP contribution in [0.4, 0.5) is 10.8 Å². The summed E-state index contributed by atoms with van der Waals surface area (Å²) in [6.45, 7) is 1.80. The fourth-order valence-electron chi connectivity index (χ4n) is 1.41. The van der Waals surface area contributed by atoms with Gasteiger partial charge in [0.2, 0.25) is 0 Å². The van der Waals surface area contributed by atoms with Gasteiger partial charge in [0, 0.05) is 11.4 Å². The Morgan fingerprint density at radius 1 is 1.53 bits per heavy atom. The molecule has 0 fully saturated rings. The summed E-state index contributed by atoms with van der Waals surface area (Å²) >= 11 is 7.12. The zero-order valence-electron chi connectivity index (χ0n) is 9.71. The molecule has 2 aromatic rings. The summed E-state index contributed by atoms with van der Waals surface area (Å²) in [5.74, 6) is -0.525. The lowest BCUT2D eigenvalue weighted by Crippen LogP contribution is -2.12. The van der Waals surface area contributed by atoms with Gasteiger partial charge >= 0.3 is 0 Å². The fraction of sp³-hybridized carbons (Fsp3) is 0.0909. The number of benzene rings is 1. The number of anilines is 1. The van der Waals surface area contributed by atoms with Gasteiger partial charge in [-0.3, -0.25) is 20.2 Å². The molecule has 0 saturated heterocycles. The van der Waals surface area contributed by atoms with E-state index in [0.717, 1.165) is 5.69 Å². The van der Waals surface area contributed by atoms with Gasteiger partial charge in [-0.25, -0.2) is 4.98 Å². The summed E-state index contributed by atoms with van der Waals surface area (Å²) in [6.07, 6.45) is 0. The number of carbonyl (C=O) groups is 1. The summed E-state index contributed by atoms with van der Waals surface area (Å²) in [4.78, 5) is 26.1. The molecule has 0 unspecified atom stereocenters. The number of rotatable bonds is 3. The minimum atomic E-state index is -0.632. The van der Waals surface area contributed by atoms with Crippen LogP contribution in [0.25, 0.3) is 0 Å². The van der Waals surface area contributed by atoms with Crippen LogP contribution in [-0.2, 0) is 0 Å². The lowest BCUT2D eigenvalue weighted by molar-refractivity contribution is -0.384. The highest BCUT2D eigenvalue weighted by atomic mass is 35.5. The lowest BCUT2D eigenvalue weighted by atomic mass is 10.2. The second-order valence-corrected chi connectivity index (χ2v) is 4.88. The van der Waals surface area contributed by atoms with E-state index < -0.39 is 10.8 Å². The molecule has 0 aliphatic rings. The SMILES string of the molecule is Cc1csc(NC(=O)c2cccc([N+](=O)[O-])c2Cl)n1. The van der Waals surface area contributed by atoms with Crippen molar-refractivity contribution in [2.75, 3.05) is 5.32 Å². The Bertz CT molecular complexity index is 656. The number of carbonyl (C=O) groups excluding carboxylic acids is 1. The largest absolute Gasteiger partial charge is 0.298 e. The van der Waals surface area contributed by atoms with E-state index in [9.17, 15) is 14.9 Å². The van der Waals surface area contributed by atoms with Gasteiger partial charge in [0.05, 0.1) is 16.2 Å². The molecule has 1 heterocycles. The maximum absolute atomic E-state index is 12.0. The van der Waals surface area contributed by atoms with Gasteiger partial charge in [0.1, 0.15) is 5.02 Å². The number of aromatic nitrogens is 1. The average Bonchev–Trinajstić information content (AvgIpc) is 2.74. The standard InChI is InChI=1S/C11H8ClN3O3S/c1-6-5-19-11(13-6)14-10(16)7-3-2-4-8(9(7)12)15(17)18/h2-5H,1H3,(H,13,14,16). The Balaban J connectivity index is 2.29. The molecular formula is C11H8ClN3O3S. The van der Waals surface area contributed by atoms with Crippen molar-refractivity contribution >= 4 is 39.7 Å². The van der Waals surface area contributed by atoms with Gasteiger partial charge in [0.15, 0.2) is 5.13 Å². The van der Waals surface area contributed by atoms with E-state index in [0.29, 0.717) is 5.13 Å². The molecule has 8 heteroatoms. The van der Waals surface area contributed by atoms with Crippen LogP contribution in [0.2, 0.25) is 5.02 Å². The van der Waals surface area contributed by atoms with E-state index in [2.05, 4.69) is 10.3 Å². The number of nitro groups is 1. The van der Waals surface area contributed by atoms with Crippen LogP contribution in [0.3, 0.4) is 0 Å². The molecule has 98 valence electrons. The number of thiazole rings is 1. The highest BCUT2D eigenvalue weighted by Crippen LogP contribution is 2.28. The first kappa shape index (κ1) is 13.4.